The van der Waals surface area contributed by atoms with Gasteiger partial charge < -0.3 is 9.30 Å². The van der Waals surface area contributed by atoms with Crippen molar-refractivity contribution in [3.05, 3.63) is 24.0 Å². The first-order valence-electron chi connectivity index (χ1n) is 7.32. The first kappa shape index (κ1) is 13.7. The van der Waals surface area contributed by atoms with Crippen molar-refractivity contribution in [1.82, 2.24) is 9.55 Å². The Kier molecular flexibility index (Phi) is 3.88. The van der Waals surface area contributed by atoms with Crippen LogP contribution in [-0.4, -0.2) is 22.5 Å². The van der Waals surface area contributed by atoms with Crippen LogP contribution in [0, 0.1) is 11.8 Å². The predicted molar refractivity (Wildman–Crippen MR) is 82.6 cm³/mol. The third-order valence-corrected chi connectivity index (χ3v) is 4.44. The lowest BCUT2D eigenvalue weighted by Crippen LogP contribution is -2.12. The third kappa shape index (κ3) is 2.64. The molecule has 1 aromatic heterocycles. The maximum absolute atomic E-state index is 5.93. The maximum atomic E-state index is 5.93. The van der Waals surface area contributed by atoms with E-state index in [0.717, 1.165) is 41.5 Å². The van der Waals surface area contributed by atoms with Crippen LogP contribution >= 0.6 is 11.6 Å². The molecular weight excluding hydrogens is 272 g/mol. The van der Waals surface area contributed by atoms with E-state index in [0.29, 0.717) is 11.8 Å². The monoisotopic (exact) mass is 292 g/mol. The number of fused-ring (bicyclic) bond motifs is 1. The highest BCUT2D eigenvalue weighted by atomic mass is 35.5. The van der Waals surface area contributed by atoms with Gasteiger partial charge in [0.25, 0.3) is 0 Å². The van der Waals surface area contributed by atoms with E-state index in [1.54, 1.807) is 7.11 Å². The summed E-state index contributed by atoms with van der Waals surface area (Å²) in [4.78, 5) is 4.73. The molecule has 1 atom stereocenters. The zero-order chi connectivity index (χ0) is 14.1. The molecule has 0 amide bonds. The number of alkyl halides is 1. The van der Waals surface area contributed by atoms with Gasteiger partial charge in [-0.15, -0.1) is 11.6 Å². The Morgan fingerprint density at radius 3 is 2.90 bits per heavy atom. The number of benzene rings is 1. The van der Waals surface area contributed by atoms with Gasteiger partial charge in [0.1, 0.15) is 11.6 Å². The number of hydrogen-bond donors (Lipinski definition) is 0. The molecule has 1 unspecified atom stereocenters. The molecule has 1 heterocycles. The Bertz CT molecular complexity index is 604. The van der Waals surface area contributed by atoms with Gasteiger partial charge in [0.2, 0.25) is 0 Å². The molecule has 0 radical (unpaired) electrons. The van der Waals surface area contributed by atoms with Crippen molar-refractivity contribution in [2.24, 2.45) is 11.8 Å². The average Bonchev–Trinajstić information content (AvgIpc) is 3.25. The zero-order valence-electron chi connectivity index (χ0n) is 12.1. The van der Waals surface area contributed by atoms with Crippen molar-refractivity contribution in [3.63, 3.8) is 0 Å². The van der Waals surface area contributed by atoms with Gasteiger partial charge >= 0.3 is 0 Å². The van der Waals surface area contributed by atoms with E-state index in [9.17, 15) is 0 Å². The van der Waals surface area contributed by atoms with Crippen molar-refractivity contribution < 1.29 is 4.74 Å². The molecule has 3 rings (SSSR count). The van der Waals surface area contributed by atoms with E-state index in [2.05, 4.69) is 17.6 Å². The summed E-state index contributed by atoms with van der Waals surface area (Å²) in [6, 6.07) is 6.08. The minimum Gasteiger partial charge on any atom is -0.497 e. The SMILES string of the molecule is COc1ccc2nc(CCCl)n(CC(C)C3CC3)c2c1. The number of aryl methyl sites for hydroxylation is 1. The predicted octanol–water partition coefficient (Wildman–Crippen LogP) is 3.87. The maximum Gasteiger partial charge on any atom is 0.121 e. The molecule has 1 aliphatic carbocycles. The van der Waals surface area contributed by atoms with E-state index in [1.807, 2.05) is 12.1 Å². The number of nitrogens with zero attached hydrogens (tertiary/aromatic N) is 2. The van der Waals surface area contributed by atoms with Crippen molar-refractivity contribution in [2.75, 3.05) is 13.0 Å². The van der Waals surface area contributed by atoms with E-state index in [1.165, 1.54) is 12.8 Å². The zero-order valence-corrected chi connectivity index (χ0v) is 12.9. The van der Waals surface area contributed by atoms with Gasteiger partial charge in [-0.25, -0.2) is 4.98 Å². The summed E-state index contributed by atoms with van der Waals surface area (Å²) in [5, 5.41) is 0. The van der Waals surface area contributed by atoms with Crippen LogP contribution in [0.5, 0.6) is 5.75 Å². The van der Waals surface area contributed by atoms with Crippen molar-refractivity contribution in [3.8, 4) is 5.75 Å². The molecular formula is C16H21ClN2O. The van der Waals surface area contributed by atoms with Gasteiger partial charge in [-0.1, -0.05) is 6.92 Å². The molecule has 0 saturated heterocycles. The Balaban J connectivity index is 2.01. The van der Waals surface area contributed by atoms with Crippen LogP contribution in [0.3, 0.4) is 0 Å². The minimum atomic E-state index is 0.609. The van der Waals surface area contributed by atoms with E-state index in [4.69, 9.17) is 21.3 Å². The van der Waals surface area contributed by atoms with Gasteiger partial charge in [-0.2, -0.15) is 0 Å². The number of rotatable bonds is 6. The summed E-state index contributed by atoms with van der Waals surface area (Å²) in [6.45, 7) is 3.37. The summed E-state index contributed by atoms with van der Waals surface area (Å²) >= 11 is 5.93. The fraction of sp³-hybridized carbons (Fsp3) is 0.562. The first-order valence-corrected chi connectivity index (χ1v) is 7.85. The van der Waals surface area contributed by atoms with E-state index in [-0.39, 0.29) is 0 Å². The second-order valence-corrected chi connectivity index (χ2v) is 6.12. The summed E-state index contributed by atoms with van der Waals surface area (Å²) in [6.07, 6.45) is 3.57. The van der Waals surface area contributed by atoms with Crippen LogP contribution in [0.1, 0.15) is 25.6 Å². The number of ether oxygens (including phenoxy) is 1. The largest absolute Gasteiger partial charge is 0.497 e. The molecule has 1 aromatic carbocycles. The summed E-state index contributed by atoms with van der Waals surface area (Å²) < 4.78 is 7.68. The Labute approximate surface area is 124 Å². The average molecular weight is 293 g/mol. The molecule has 0 aliphatic heterocycles. The van der Waals surface area contributed by atoms with Crippen molar-refractivity contribution in [1.29, 1.82) is 0 Å². The van der Waals surface area contributed by atoms with Crippen LogP contribution < -0.4 is 4.74 Å². The third-order valence-electron chi connectivity index (χ3n) is 4.25. The normalized spacial score (nSPS) is 16.6. The molecule has 2 aromatic rings. The lowest BCUT2D eigenvalue weighted by atomic mass is 10.1. The Morgan fingerprint density at radius 2 is 2.25 bits per heavy atom. The van der Waals surface area contributed by atoms with Crippen LogP contribution in [0.4, 0.5) is 0 Å². The molecule has 0 spiro atoms. The number of aromatic nitrogens is 2. The molecule has 0 bridgehead atoms. The van der Waals surface area contributed by atoms with Gasteiger partial charge in [-0.3, -0.25) is 0 Å². The number of methoxy groups -OCH3 is 1. The summed E-state index contributed by atoms with van der Waals surface area (Å²) in [7, 11) is 1.70. The molecule has 4 heteroatoms. The summed E-state index contributed by atoms with van der Waals surface area (Å²) in [5.74, 6) is 4.18. The molecule has 1 saturated carbocycles. The van der Waals surface area contributed by atoms with Gasteiger partial charge in [0, 0.05) is 24.9 Å². The van der Waals surface area contributed by atoms with Crippen LogP contribution in [0.2, 0.25) is 0 Å². The summed E-state index contributed by atoms with van der Waals surface area (Å²) in [5.41, 5.74) is 2.20. The number of hydrogen-bond acceptors (Lipinski definition) is 2. The highest BCUT2D eigenvalue weighted by Gasteiger charge is 2.28. The van der Waals surface area contributed by atoms with E-state index < -0.39 is 0 Å². The van der Waals surface area contributed by atoms with Gasteiger partial charge in [-0.05, 0) is 36.8 Å². The fourth-order valence-corrected chi connectivity index (χ4v) is 3.03. The molecule has 20 heavy (non-hydrogen) atoms. The second kappa shape index (κ2) is 5.65. The standard InChI is InChI=1S/C16H21ClN2O/c1-11(12-3-4-12)10-19-15-9-13(20-2)5-6-14(15)18-16(19)7-8-17/h5-6,9,11-12H,3-4,7-8,10H2,1-2H3. The molecule has 108 valence electrons. The lowest BCUT2D eigenvalue weighted by Gasteiger charge is -2.14. The topological polar surface area (TPSA) is 27.1 Å². The second-order valence-electron chi connectivity index (χ2n) is 5.75. The van der Waals surface area contributed by atoms with Gasteiger partial charge in [0.05, 0.1) is 18.1 Å². The Hall–Kier alpha value is -1.22. The van der Waals surface area contributed by atoms with Crippen molar-refractivity contribution >= 4 is 22.6 Å². The first-order chi connectivity index (χ1) is 9.72. The smallest absolute Gasteiger partial charge is 0.121 e. The Morgan fingerprint density at radius 1 is 1.45 bits per heavy atom. The quantitative estimate of drug-likeness (QED) is 0.756. The highest BCUT2D eigenvalue weighted by molar-refractivity contribution is 6.17. The van der Waals surface area contributed by atoms with Gasteiger partial charge in [0.15, 0.2) is 0 Å². The fourth-order valence-electron chi connectivity index (χ4n) is 2.86. The minimum absolute atomic E-state index is 0.609. The van der Waals surface area contributed by atoms with Crippen LogP contribution in [0.15, 0.2) is 18.2 Å². The number of halogens is 1. The molecule has 3 nitrogen and oxygen atoms in total. The lowest BCUT2D eigenvalue weighted by molar-refractivity contribution is 0.413. The molecule has 1 aliphatic rings. The molecule has 0 N–H and O–H groups in total. The van der Waals surface area contributed by atoms with Crippen LogP contribution in [0.25, 0.3) is 11.0 Å². The van der Waals surface area contributed by atoms with E-state index >= 15 is 0 Å². The highest BCUT2D eigenvalue weighted by Crippen LogP contribution is 2.38. The molecule has 1 fully saturated rings. The number of imidazole rings is 1. The van der Waals surface area contributed by atoms with Crippen LogP contribution in [-0.2, 0) is 13.0 Å². The van der Waals surface area contributed by atoms with Crippen molar-refractivity contribution in [2.45, 2.75) is 32.7 Å².